The van der Waals surface area contributed by atoms with Gasteiger partial charge in [0.2, 0.25) is 0 Å². The van der Waals surface area contributed by atoms with Gasteiger partial charge >= 0.3 is 0 Å². The van der Waals surface area contributed by atoms with Gasteiger partial charge in [0.25, 0.3) is 0 Å². The molecule has 2 rings (SSSR count). The normalized spacial score (nSPS) is 26.8. The minimum Gasteiger partial charge on any atom is -0.325 e. The van der Waals surface area contributed by atoms with E-state index >= 15 is 0 Å². The molecular weight excluding hydrogens is 236 g/mol. The molecule has 1 aliphatic carbocycles. The smallest absolute Gasteiger partial charge is 0.138 e. The maximum atomic E-state index is 6.64. The molecule has 0 aliphatic heterocycles. The third-order valence-corrected chi connectivity index (χ3v) is 4.10. The Bertz CT molecular complexity index is 422. The zero-order chi connectivity index (χ0) is 14.1. The molecule has 1 heterocycles. The lowest BCUT2D eigenvalue weighted by Crippen LogP contribution is -2.49. The summed E-state index contributed by atoms with van der Waals surface area (Å²) in [5.41, 5.74) is 6.89. The first-order valence-corrected chi connectivity index (χ1v) is 7.45. The third-order valence-electron chi connectivity index (χ3n) is 4.10. The van der Waals surface area contributed by atoms with Crippen molar-refractivity contribution in [2.75, 3.05) is 0 Å². The molecule has 1 aliphatic rings. The summed E-state index contributed by atoms with van der Waals surface area (Å²) in [7, 11) is 0. The van der Waals surface area contributed by atoms with Gasteiger partial charge in [-0.2, -0.15) is 5.10 Å². The van der Waals surface area contributed by atoms with Crippen molar-refractivity contribution in [2.45, 2.75) is 71.9 Å². The van der Waals surface area contributed by atoms with Crippen LogP contribution in [0.1, 0.15) is 59.2 Å². The summed E-state index contributed by atoms with van der Waals surface area (Å²) in [6, 6.07) is 0. The topological polar surface area (TPSA) is 56.7 Å². The summed E-state index contributed by atoms with van der Waals surface area (Å²) < 4.78 is 2.03. The second kappa shape index (κ2) is 5.23. The molecule has 1 aromatic heterocycles. The van der Waals surface area contributed by atoms with E-state index in [-0.39, 0.29) is 5.54 Å². The van der Waals surface area contributed by atoms with Crippen LogP contribution < -0.4 is 5.73 Å². The predicted molar refractivity (Wildman–Crippen MR) is 77.7 cm³/mol. The van der Waals surface area contributed by atoms with Crippen LogP contribution >= 0.6 is 0 Å². The van der Waals surface area contributed by atoms with Gasteiger partial charge in [0.15, 0.2) is 0 Å². The Hall–Kier alpha value is -0.900. The molecule has 0 radical (unpaired) electrons. The molecule has 4 nitrogen and oxygen atoms in total. The highest BCUT2D eigenvalue weighted by molar-refractivity contribution is 5.02. The molecule has 19 heavy (non-hydrogen) atoms. The van der Waals surface area contributed by atoms with Crippen LogP contribution in [0.25, 0.3) is 0 Å². The number of hydrogen-bond acceptors (Lipinski definition) is 3. The maximum absolute atomic E-state index is 6.64. The Balaban J connectivity index is 2.10. The molecular formula is C15H28N4. The van der Waals surface area contributed by atoms with Crippen LogP contribution in [-0.2, 0) is 13.0 Å². The summed E-state index contributed by atoms with van der Waals surface area (Å²) in [4.78, 5) is 4.43. The molecule has 0 saturated heterocycles. The molecule has 1 aromatic rings. The van der Waals surface area contributed by atoms with E-state index in [0.717, 1.165) is 31.6 Å². The largest absolute Gasteiger partial charge is 0.325 e. The second-order valence-corrected chi connectivity index (χ2v) is 7.49. The molecule has 108 valence electrons. The van der Waals surface area contributed by atoms with Gasteiger partial charge in [0.1, 0.15) is 12.2 Å². The number of hydrogen-bond donors (Lipinski definition) is 1. The Morgan fingerprint density at radius 1 is 1.37 bits per heavy atom. The fourth-order valence-electron chi connectivity index (χ4n) is 3.44. The highest BCUT2D eigenvalue weighted by atomic mass is 15.3. The van der Waals surface area contributed by atoms with Crippen molar-refractivity contribution in [3.05, 3.63) is 12.2 Å². The van der Waals surface area contributed by atoms with Crippen LogP contribution in [0.2, 0.25) is 0 Å². The quantitative estimate of drug-likeness (QED) is 0.909. The molecule has 1 unspecified atom stereocenters. The van der Waals surface area contributed by atoms with Gasteiger partial charge in [-0.1, -0.05) is 34.1 Å². The summed E-state index contributed by atoms with van der Waals surface area (Å²) in [5, 5.41) is 4.34. The van der Waals surface area contributed by atoms with Gasteiger partial charge in [-0.25, -0.2) is 9.67 Å². The van der Waals surface area contributed by atoms with Crippen molar-refractivity contribution in [3.8, 4) is 0 Å². The van der Waals surface area contributed by atoms with E-state index in [4.69, 9.17) is 5.73 Å². The zero-order valence-corrected chi connectivity index (χ0v) is 12.8. The first kappa shape index (κ1) is 14.5. The average molecular weight is 264 g/mol. The Kier molecular flexibility index (Phi) is 4.00. The first-order valence-electron chi connectivity index (χ1n) is 7.45. The number of rotatable bonds is 4. The van der Waals surface area contributed by atoms with Crippen LogP contribution in [0.5, 0.6) is 0 Å². The monoisotopic (exact) mass is 264 g/mol. The van der Waals surface area contributed by atoms with Crippen molar-refractivity contribution in [1.82, 2.24) is 14.8 Å². The van der Waals surface area contributed by atoms with E-state index in [2.05, 4.69) is 37.8 Å². The predicted octanol–water partition coefficient (Wildman–Crippen LogP) is 2.77. The SMILES string of the molecule is CC(C)Cn1ncnc1CC1(N)CCCC(C)(C)C1. The lowest BCUT2D eigenvalue weighted by Gasteiger charge is -2.42. The van der Waals surface area contributed by atoms with Crippen LogP contribution in [0, 0.1) is 11.3 Å². The minimum atomic E-state index is -0.108. The summed E-state index contributed by atoms with van der Waals surface area (Å²) in [6.45, 7) is 9.98. The van der Waals surface area contributed by atoms with E-state index in [0.29, 0.717) is 11.3 Å². The molecule has 1 saturated carbocycles. The average Bonchev–Trinajstić information content (AvgIpc) is 2.61. The van der Waals surface area contributed by atoms with Gasteiger partial charge in [-0.15, -0.1) is 0 Å². The van der Waals surface area contributed by atoms with Gasteiger partial charge in [-0.3, -0.25) is 0 Å². The second-order valence-electron chi connectivity index (χ2n) is 7.49. The van der Waals surface area contributed by atoms with E-state index < -0.39 is 0 Å². The van der Waals surface area contributed by atoms with E-state index in [1.807, 2.05) is 4.68 Å². The molecule has 0 spiro atoms. The Labute approximate surface area is 116 Å². The fraction of sp³-hybridized carbons (Fsp3) is 0.867. The number of nitrogens with two attached hydrogens (primary N) is 1. The minimum absolute atomic E-state index is 0.108. The van der Waals surface area contributed by atoms with Crippen molar-refractivity contribution < 1.29 is 0 Å². The number of nitrogens with zero attached hydrogens (tertiary/aromatic N) is 3. The van der Waals surface area contributed by atoms with Crippen molar-refractivity contribution in [2.24, 2.45) is 17.1 Å². The lowest BCUT2D eigenvalue weighted by molar-refractivity contribution is 0.148. The molecule has 0 amide bonds. The van der Waals surface area contributed by atoms with Gasteiger partial charge in [-0.05, 0) is 30.6 Å². The fourth-order valence-corrected chi connectivity index (χ4v) is 3.44. The molecule has 4 heteroatoms. The van der Waals surface area contributed by atoms with Crippen molar-refractivity contribution >= 4 is 0 Å². The summed E-state index contributed by atoms with van der Waals surface area (Å²) in [6.07, 6.45) is 7.20. The lowest BCUT2D eigenvalue weighted by atomic mass is 9.67. The van der Waals surface area contributed by atoms with Crippen LogP contribution in [-0.4, -0.2) is 20.3 Å². The molecule has 0 aromatic carbocycles. The van der Waals surface area contributed by atoms with Crippen LogP contribution in [0.15, 0.2) is 6.33 Å². The molecule has 0 bridgehead atoms. The highest BCUT2D eigenvalue weighted by Gasteiger charge is 2.38. The van der Waals surface area contributed by atoms with E-state index in [1.165, 1.54) is 12.8 Å². The molecule has 2 N–H and O–H groups in total. The van der Waals surface area contributed by atoms with Gasteiger partial charge in [0.05, 0.1) is 0 Å². The maximum Gasteiger partial charge on any atom is 0.138 e. The van der Waals surface area contributed by atoms with Gasteiger partial charge < -0.3 is 5.73 Å². The number of aromatic nitrogens is 3. The molecule has 1 fully saturated rings. The van der Waals surface area contributed by atoms with Gasteiger partial charge in [0, 0.05) is 18.5 Å². The van der Waals surface area contributed by atoms with Crippen molar-refractivity contribution in [3.63, 3.8) is 0 Å². The summed E-state index contributed by atoms with van der Waals surface area (Å²) in [5.74, 6) is 1.63. The third kappa shape index (κ3) is 3.78. The van der Waals surface area contributed by atoms with E-state index in [1.54, 1.807) is 6.33 Å². The Morgan fingerprint density at radius 2 is 2.11 bits per heavy atom. The summed E-state index contributed by atoms with van der Waals surface area (Å²) >= 11 is 0. The standard InChI is InChI=1S/C15H28N4/c1-12(2)9-19-13(17-11-18-19)8-15(16)7-5-6-14(3,4)10-15/h11-12H,5-10,16H2,1-4H3. The van der Waals surface area contributed by atoms with Crippen molar-refractivity contribution in [1.29, 1.82) is 0 Å². The first-order chi connectivity index (χ1) is 8.80. The molecule has 1 atom stereocenters. The zero-order valence-electron chi connectivity index (χ0n) is 12.8. The van der Waals surface area contributed by atoms with Crippen LogP contribution in [0.4, 0.5) is 0 Å². The van der Waals surface area contributed by atoms with E-state index in [9.17, 15) is 0 Å². The van der Waals surface area contributed by atoms with Crippen LogP contribution in [0.3, 0.4) is 0 Å². The Morgan fingerprint density at radius 3 is 2.74 bits per heavy atom. The highest BCUT2D eigenvalue weighted by Crippen LogP contribution is 2.40.